The van der Waals surface area contributed by atoms with Crippen molar-refractivity contribution in [1.29, 1.82) is 0 Å². The molecule has 1 saturated heterocycles. The van der Waals surface area contributed by atoms with Crippen LogP contribution in [0.25, 0.3) is 0 Å². The molecule has 92 valence electrons. The Morgan fingerprint density at radius 1 is 1.31 bits per heavy atom. The van der Waals surface area contributed by atoms with E-state index in [0.29, 0.717) is 12.5 Å². The van der Waals surface area contributed by atoms with E-state index in [-0.39, 0.29) is 18.1 Å². The maximum absolute atomic E-state index is 11.5. The molecule has 1 heterocycles. The topological polar surface area (TPSA) is 41.6 Å². The minimum atomic E-state index is 0.203. The van der Waals surface area contributed by atoms with Crippen molar-refractivity contribution in [2.75, 3.05) is 19.6 Å². The van der Waals surface area contributed by atoms with Crippen LogP contribution in [0.2, 0.25) is 0 Å². The van der Waals surface area contributed by atoms with Crippen LogP contribution in [0.5, 0.6) is 0 Å². The van der Waals surface area contributed by atoms with E-state index in [0.717, 1.165) is 32.5 Å². The monoisotopic (exact) mass is 226 g/mol. The molecule has 1 aliphatic heterocycles. The van der Waals surface area contributed by atoms with Crippen LogP contribution in [-0.2, 0) is 9.53 Å². The number of nitrogens with one attached hydrogen (secondary N) is 1. The summed E-state index contributed by atoms with van der Waals surface area (Å²) in [5.74, 6) is 0.203. The van der Waals surface area contributed by atoms with E-state index in [1.807, 2.05) is 0 Å². The molecular weight excluding hydrogens is 204 g/mol. The number of ether oxygens (including phenoxy) is 1. The highest BCUT2D eigenvalue weighted by Crippen LogP contribution is 2.18. The second kappa shape index (κ2) is 5.15. The molecule has 0 unspecified atom stereocenters. The van der Waals surface area contributed by atoms with Crippen LogP contribution in [-0.4, -0.2) is 48.7 Å². The van der Waals surface area contributed by atoms with Crippen molar-refractivity contribution in [3.63, 3.8) is 0 Å². The molecule has 1 aliphatic carbocycles. The van der Waals surface area contributed by atoms with Gasteiger partial charge in [-0.3, -0.25) is 9.69 Å². The molecule has 4 heteroatoms. The molecule has 0 radical (unpaired) electrons. The number of carbonyl (C=O) groups is 1. The quantitative estimate of drug-likeness (QED) is 0.769. The van der Waals surface area contributed by atoms with Gasteiger partial charge in [-0.2, -0.15) is 0 Å². The van der Waals surface area contributed by atoms with E-state index in [1.165, 1.54) is 0 Å². The zero-order valence-corrected chi connectivity index (χ0v) is 10.2. The fourth-order valence-corrected chi connectivity index (χ4v) is 2.25. The Morgan fingerprint density at radius 2 is 1.94 bits per heavy atom. The van der Waals surface area contributed by atoms with Gasteiger partial charge in [0, 0.05) is 32.1 Å². The molecule has 2 aliphatic rings. The van der Waals surface area contributed by atoms with Crippen LogP contribution in [0, 0.1) is 0 Å². The number of morpholine rings is 1. The van der Waals surface area contributed by atoms with Crippen LogP contribution >= 0.6 is 0 Å². The highest BCUT2D eigenvalue weighted by molar-refractivity contribution is 5.76. The molecule has 0 spiro atoms. The Morgan fingerprint density at radius 3 is 2.50 bits per heavy atom. The summed E-state index contributed by atoms with van der Waals surface area (Å²) < 4.78 is 5.66. The summed E-state index contributed by atoms with van der Waals surface area (Å²) in [6.45, 7) is 6.93. The Bertz CT molecular complexity index is 243. The molecule has 2 atom stereocenters. The molecule has 16 heavy (non-hydrogen) atoms. The number of hydrogen-bond acceptors (Lipinski definition) is 3. The van der Waals surface area contributed by atoms with Crippen molar-refractivity contribution >= 4 is 5.91 Å². The number of carbonyl (C=O) groups excluding carboxylic acids is 1. The lowest BCUT2D eigenvalue weighted by atomic mass is 10.2. The standard InChI is InChI=1S/C12H22N2O2/c1-9-7-14(8-10(2)16-9)6-5-12(15)13-11-3-4-11/h9-11H,3-8H2,1-2H3,(H,13,15)/t9-,10+. The maximum Gasteiger partial charge on any atom is 0.221 e. The number of nitrogens with zero attached hydrogens (tertiary/aromatic N) is 1. The smallest absolute Gasteiger partial charge is 0.221 e. The van der Waals surface area contributed by atoms with Gasteiger partial charge < -0.3 is 10.1 Å². The maximum atomic E-state index is 11.5. The summed E-state index contributed by atoms with van der Waals surface area (Å²) in [4.78, 5) is 13.9. The van der Waals surface area contributed by atoms with Crippen LogP contribution in [0.4, 0.5) is 0 Å². The summed E-state index contributed by atoms with van der Waals surface area (Å²) in [6.07, 6.45) is 3.52. The molecule has 0 aromatic carbocycles. The zero-order chi connectivity index (χ0) is 11.5. The summed E-state index contributed by atoms with van der Waals surface area (Å²) in [7, 11) is 0. The second-order valence-corrected chi connectivity index (χ2v) is 5.11. The lowest BCUT2D eigenvalue weighted by Crippen LogP contribution is -2.46. The summed E-state index contributed by atoms with van der Waals surface area (Å²) in [6, 6.07) is 0.482. The van der Waals surface area contributed by atoms with E-state index >= 15 is 0 Å². The van der Waals surface area contributed by atoms with Gasteiger partial charge in [0.2, 0.25) is 5.91 Å². The average molecular weight is 226 g/mol. The van der Waals surface area contributed by atoms with Crippen molar-refractivity contribution < 1.29 is 9.53 Å². The Kier molecular flexibility index (Phi) is 3.82. The summed E-state index contributed by atoms with van der Waals surface area (Å²) >= 11 is 0. The Balaban J connectivity index is 1.65. The first-order valence-corrected chi connectivity index (χ1v) is 6.30. The van der Waals surface area contributed by atoms with Crippen molar-refractivity contribution in [2.24, 2.45) is 0 Å². The molecule has 4 nitrogen and oxygen atoms in total. The fraction of sp³-hybridized carbons (Fsp3) is 0.917. The summed E-state index contributed by atoms with van der Waals surface area (Å²) in [5, 5.41) is 3.02. The Labute approximate surface area is 97.3 Å². The van der Waals surface area contributed by atoms with Gasteiger partial charge in [-0.25, -0.2) is 0 Å². The molecule has 0 bridgehead atoms. The number of amides is 1. The normalized spacial score (nSPS) is 31.4. The largest absolute Gasteiger partial charge is 0.373 e. The van der Waals surface area contributed by atoms with Gasteiger partial charge in [0.1, 0.15) is 0 Å². The lowest BCUT2D eigenvalue weighted by molar-refractivity contribution is -0.122. The third-order valence-electron chi connectivity index (χ3n) is 3.09. The van der Waals surface area contributed by atoms with E-state index in [4.69, 9.17) is 4.74 Å². The SMILES string of the molecule is C[C@@H]1CN(CCC(=O)NC2CC2)C[C@H](C)O1. The third kappa shape index (κ3) is 3.76. The van der Waals surface area contributed by atoms with Gasteiger partial charge in [-0.05, 0) is 26.7 Å². The van der Waals surface area contributed by atoms with E-state index < -0.39 is 0 Å². The van der Waals surface area contributed by atoms with E-state index in [9.17, 15) is 4.79 Å². The highest BCUT2D eigenvalue weighted by Gasteiger charge is 2.25. The van der Waals surface area contributed by atoms with Crippen LogP contribution < -0.4 is 5.32 Å². The molecule has 2 fully saturated rings. The summed E-state index contributed by atoms with van der Waals surface area (Å²) in [5.41, 5.74) is 0. The van der Waals surface area contributed by atoms with Crippen LogP contribution in [0.3, 0.4) is 0 Å². The van der Waals surface area contributed by atoms with Crippen molar-refractivity contribution in [3.05, 3.63) is 0 Å². The molecule has 2 rings (SSSR count). The van der Waals surface area contributed by atoms with E-state index in [1.54, 1.807) is 0 Å². The van der Waals surface area contributed by atoms with Gasteiger partial charge in [-0.15, -0.1) is 0 Å². The van der Waals surface area contributed by atoms with Crippen molar-refractivity contribution in [2.45, 2.75) is 51.4 Å². The van der Waals surface area contributed by atoms with Crippen molar-refractivity contribution in [1.82, 2.24) is 10.2 Å². The third-order valence-corrected chi connectivity index (χ3v) is 3.09. The molecule has 0 aromatic rings. The molecule has 0 aromatic heterocycles. The first-order valence-electron chi connectivity index (χ1n) is 6.30. The first kappa shape index (κ1) is 11.9. The first-order chi connectivity index (χ1) is 7.63. The van der Waals surface area contributed by atoms with Crippen LogP contribution in [0.1, 0.15) is 33.1 Å². The van der Waals surface area contributed by atoms with E-state index in [2.05, 4.69) is 24.1 Å². The minimum absolute atomic E-state index is 0.203. The van der Waals surface area contributed by atoms with Gasteiger partial charge in [-0.1, -0.05) is 0 Å². The predicted molar refractivity (Wildman–Crippen MR) is 62.2 cm³/mol. The van der Waals surface area contributed by atoms with Gasteiger partial charge in [0.05, 0.1) is 12.2 Å². The van der Waals surface area contributed by atoms with Gasteiger partial charge in [0.25, 0.3) is 0 Å². The Hall–Kier alpha value is -0.610. The lowest BCUT2D eigenvalue weighted by Gasteiger charge is -2.35. The molecular formula is C12H22N2O2. The molecule has 1 N–H and O–H groups in total. The molecule has 1 saturated carbocycles. The average Bonchev–Trinajstić information content (AvgIpc) is 2.97. The fourth-order valence-electron chi connectivity index (χ4n) is 2.25. The van der Waals surface area contributed by atoms with Gasteiger partial charge in [0.15, 0.2) is 0 Å². The zero-order valence-electron chi connectivity index (χ0n) is 10.2. The minimum Gasteiger partial charge on any atom is -0.373 e. The predicted octanol–water partition coefficient (Wildman–Crippen LogP) is 0.764. The van der Waals surface area contributed by atoms with Crippen LogP contribution in [0.15, 0.2) is 0 Å². The van der Waals surface area contributed by atoms with Gasteiger partial charge >= 0.3 is 0 Å². The number of rotatable bonds is 4. The number of hydrogen-bond donors (Lipinski definition) is 1. The van der Waals surface area contributed by atoms with Crippen molar-refractivity contribution in [3.8, 4) is 0 Å². The molecule has 1 amide bonds. The second-order valence-electron chi connectivity index (χ2n) is 5.11. The highest BCUT2D eigenvalue weighted by atomic mass is 16.5.